The normalized spacial score (nSPS) is 29.6. The minimum Gasteiger partial charge on any atom is -0.373 e. The Balaban J connectivity index is 1.70. The molecule has 2 saturated heterocycles. The van der Waals surface area contributed by atoms with Gasteiger partial charge in [0.1, 0.15) is 0 Å². The molecule has 2 aliphatic rings. The van der Waals surface area contributed by atoms with Crippen molar-refractivity contribution < 1.29 is 13.2 Å². The lowest BCUT2D eigenvalue weighted by atomic mass is 10.1. The van der Waals surface area contributed by atoms with Crippen molar-refractivity contribution in [1.29, 1.82) is 0 Å². The van der Waals surface area contributed by atoms with Crippen LogP contribution in [0.5, 0.6) is 0 Å². The predicted octanol–water partition coefficient (Wildman–Crippen LogP) is 0.806. The molecule has 2 rings (SSSR count). The van der Waals surface area contributed by atoms with Gasteiger partial charge in [-0.2, -0.15) is 12.7 Å². The zero-order valence-electron chi connectivity index (χ0n) is 13.3. The molecule has 0 spiro atoms. The molecule has 2 fully saturated rings. The van der Waals surface area contributed by atoms with Crippen molar-refractivity contribution in [1.82, 2.24) is 13.9 Å². The first kappa shape index (κ1) is 17.1. The first-order valence-electron chi connectivity index (χ1n) is 8.10. The number of piperidine rings is 1. The van der Waals surface area contributed by atoms with E-state index >= 15 is 0 Å². The molecule has 2 unspecified atom stereocenters. The van der Waals surface area contributed by atoms with E-state index in [1.807, 2.05) is 13.8 Å². The van der Waals surface area contributed by atoms with Gasteiger partial charge in [0, 0.05) is 19.6 Å². The van der Waals surface area contributed by atoms with E-state index in [0.717, 1.165) is 26.1 Å². The lowest BCUT2D eigenvalue weighted by Gasteiger charge is -2.34. The third kappa shape index (κ3) is 5.49. The van der Waals surface area contributed by atoms with E-state index < -0.39 is 10.2 Å². The van der Waals surface area contributed by atoms with Gasteiger partial charge in [0.05, 0.1) is 12.2 Å². The Hall–Kier alpha value is -0.210. The van der Waals surface area contributed by atoms with Gasteiger partial charge in [-0.15, -0.1) is 0 Å². The van der Waals surface area contributed by atoms with E-state index in [0.29, 0.717) is 19.6 Å². The summed E-state index contributed by atoms with van der Waals surface area (Å²) in [5.74, 6) is 0. The Morgan fingerprint density at radius 1 is 1.10 bits per heavy atom. The largest absolute Gasteiger partial charge is 0.373 e. The molecule has 0 aromatic heterocycles. The van der Waals surface area contributed by atoms with Gasteiger partial charge in [-0.25, -0.2) is 4.72 Å². The Kier molecular flexibility index (Phi) is 6.43. The van der Waals surface area contributed by atoms with Crippen LogP contribution in [-0.4, -0.2) is 69.1 Å². The number of nitrogens with zero attached hydrogens (tertiary/aromatic N) is 2. The monoisotopic (exact) mass is 319 g/mol. The fraction of sp³-hybridized carbons (Fsp3) is 1.00. The van der Waals surface area contributed by atoms with Gasteiger partial charge < -0.3 is 9.64 Å². The first-order chi connectivity index (χ1) is 9.97. The molecule has 7 heteroatoms. The Morgan fingerprint density at radius 2 is 1.71 bits per heavy atom. The van der Waals surface area contributed by atoms with Gasteiger partial charge in [0.2, 0.25) is 0 Å². The minimum atomic E-state index is -3.37. The lowest BCUT2D eigenvalue weighted by Crippen LogP contribution is -2.52. The van der Waals surface area contributed by atoms with Crippen LogP contribution in [0, 0.1) is 0 Å². The third-order valence-corrected chi connectivity index (χ3v) is 5.66. The van der Waals surface area contributed by atoms with Crippen molar-refractivity contribution in [3.8, 4) is 0 Å². The van der Waals surface area contributed by atoms with Crippen LogP contribution in [0.3, 0.4) is 0 Å². The number of likely N-dealkylation sites (tertiary alicyclic amines) is 1. The van der Waals surface area contributed by atoms with E-state index in [9.17, 15) is 8.42 Å². The van der Waals surface area contributed by atoms with Gasteiger partial charge >= 0.3 is 0 Å². The van der Waals surface area contributed by atoms with Crippen LogP contribution in [0.4, 0.5) is 0 Å². The average Bonchev–Trinajstić information content (AvgIpc) is 2.44. The molecule has 0 radical (unpaired) electrons. The van der Waals surface area contributed by atoms with Crippen molar-refractivity contribution in [2.75, 3.05) is 39.3 Å². The van der Waals surface area contributed by atoms with Crippen LogP contribution >= 0.6 is 0 Å². The second kappa shape index (κ2) is 7.87. The summed E-state index contributed by atoms with van der Waals surface area (Å²) in [5, 5.41) is 0. The van der Waals surface area contributed by atoms with E-state index in [1.165, 1.54) is 23.6 Å². The van der Waals surface area contributed by atoms with Crippen molar-refractivity contribution >= 4 is 10.2 Å². The highest BCUT2D eigenvalue weighted by Gasteiger charge is 2.30. The van der Waals surface area contributed by atoms with Crippen LogP contribution in [0.1, 0.15) is 39.5 Å². The highest BCUT2D eigenvalue weighted by atomic mass is 32.2. The standard InChI is InChI=1S/C14H29N3O3S/c1-13-11-17(12-14(2)20-13)21(18,19)15-7-6-10-16-8-4-3-5-9-16/h13-15H,3-12H2,1-2H3. The molecule has 0 saturated carbocycles. The molecule has 0 aliphatic carbocycles. The summed E-state index contributed by atoms with van der Waals surface area (Å²) in [6.45, 7) is 8.51. The molecular formula is C14H29N3O3S. The Bertz CT molecular complexity index is 400. The van der Waals surface area contributed by atoms with Gasteiger partial charge in [0.15, 0.2) is 0 Å². The minimum absolute atomic E-state index is 0.0429. The van der Waals surface area contributed by atoms with Crippen LogP contribution < -0.4 is 4.72 Å². The highest BCUT2D eigenvalue weighted by molar-refractivity contribution is 7.87. The number of ether oxygens (including phenoxy) is 1. The summed E-state index contributed by atoms with van der Waals surface area (Å²) in [4.78, 5) is 2.43. The molecular weight excluding hydrogens is 290 g/mol. The summed E-state index contributed by atoms with van der Waals surface area (Å²) in [6.07, 6.45) is 4.66. The van der Waals surface area contributed by atoms with E-state index in [1.54, 1.807) is 0 Å². The van der Waals surface area contributed by atoms with E-state index in [2.05, 4.69) is 9.62 Å². The smallest absolute Gasteiger partial charge is 0.279 e. The third-order valence-electron chi connectivity index (χ3n) is 4.11. The van der Waals surface area contributed by atoms with Crippen molar-refractivity contribution in [3.63, 3.8) is 0 Å². The number of rotatable bonds is 6. The number of hydrogen-bond donors (Lipinski definition) is 1. The van der Waals surface area contributed by atoms with E-state index in [-0.39, 0.29) is 12.2 Å². The highest BCUT2D eigenvalue weighted by Crippen LogP contribution is 2.13. The van der Waals surface area contributed by atoms with Crippen LogP contribution in [0.25, 0.3) is 0 Å². The molecule has 21 heavy (non-hydrogen) atoms. The number of hydrogen-bond acceptors (Lipinski definition) is 4. The quantitative estimate of drug-likeness (QED) is 0.736. The lowest BCUT2D eigenvalue weighted by molar-refractivity contribution is -0.0443. The fourth-order valence-corrected chi connectivity index (χ4v) is 4.50. The molecule has 0 aromatic rings. The second-order valence-corrected chi connectivity index (χ2v) is 7.98. The van der Waals surface area contributed by atoms with Gasteiger partial charge in [-0.1, -0.05) is 6.42 Å². The molecule has 0 bridgehead atoms. The molecule has 124 valence electrons. The number of morpholine rings is 1. The van der Waals surface area contributed by atoms with Gasteiger partial charge in [-0.3, -0.25) is 0 Å². The average molecular weight is 319 g/mol. The summed E-state index contributed by atoms with van der Waals surface area (Å²) in [7, 11) is -3.37. The van der Waals surface area contributed by atoms with Crippen molar-refractivity contribution in [2.45, 2.75) is 51.7 Å². The van der Waals surface area contributed by atoms with Crippen LogP contribution in [0.2, 0.25) is 0 Å². The summed E-state index contributed by atoms with van der Waals surface area (Å²) in [6, 6.07) is 0. The van der Waals surface area contributed by atoms with Gasteiger partial charge in [-0.05, 0) is 52.7 Å². The summed E-state index contributed by atoms with van der Waals surface area (Å²) in [5.41, 5.74) is 0. The van der Waals surface area contributed by atoms with Crippen molar-refractivity contribution in [2.24, 2.45) is 0 Å². The maximum Gasteiger partial charge on any atom is 0.279 e. The zero-order chi connectivity index (χ0) is 15.3. The number of nitrogens with one attached hydrogen (secondary N) is 1. The summed E-state index contributed by atoms with van der Waals surface area (Å²) < 4.78 is 34.4. The molecule has 0 aromatic carbocycles. The zero-order valence-corrected chi connectivity index (χ0v) is 14.1. The summed E-state index contributed by atoms with van der Waals surface area (Å²) >= 11 is 0. The Morgan fingerprint density at radius 3 is 2.33 bits per heavy atom. The van der Waals surface area contributed by atoms with Crippen LogP contribution in [-0.2, 0) is 14.9 Å². The molecule has 2 aliphatic heterocycles. The van der Waals surface area contributed by atoms with E-state index in [4.69, 9.17) is 4.74 Å². The van der Waals surface area contributed by atoms with Crippen molar-refractivity contribution in [3.05, 3.63) is 0 Å². The maximum absolute atomic E-state index is 12.3. The van der Waals surface area contributed by atoms with Crippen LogP contribution in [0.15, 0.2) is 0 Å². The molecule has 6 nitrogen and oxygen atoms in total. The predicted molar refractivity (Wildman–Crippen MR) is 83.4 cm³/mol. The Labute approximate surface area is 129 Å². The second-order valence-electron chi connectivity index (χ2n) is 6.23. The fourth-order valence-electron chi connectivity index (χ4n) is 3.11. The topological polar surface area (TPSA) is 61.9 Å². The molecule has 2 heterocycles. The SMILES string of the molecule is CC1CN(S(=O)(=O)NCCCN2CCCCC2)CC(C)O1. The van der Waals surface area contributed by atoms with Gasteiger partial charge in [0.25, 0.3) is 10.2 Å². The molecule has 0 amide bonds. The first-order valence-corrected chi connectivity index (χ1v) is 9.54. The molecule has 1 N–H and O–H groups in total. The maximum atomic E-state index is 12.3. The molecule has 2 atom stereocenters.